The quantitative estimate of drug-likeness (QED) is 0.451. The second kappa shape index (κ2) is 5.50. The van der Waals surface area contributed by atoms with Crippen LogP contribution in [0.25, 0.3) is 33.6 Å². The van der Waals surface area contributed by atoms with Crippen LogP contribution in [0.1, 0.15) is 22.8 Å². The fraction of sp³-hybridized carbons (Fsp3) is 0.217. The average Bonchev–Trinajstić information content (AvgIpc) is 3.40. The van der Waals surface area contributed by atoms with Crippen LogP contribution >= 0.6 is 0 Å². The van der Waals surface area contributed by atoms with E-state index in [-0.39, 0.29) is 0 Å². The van der Waals surface area contributed by atoms with Crippen molar-refractivity contribution in [2.75, 3.05) is 0 Å². The van der Waals surface area contributed by atoms with Crippen LogP contribution in [0, 0.1) is 13.8 Å². The van der Waals surface area contributed by atoms with Crippen LogP contribution in [0.4, 0.5) is 0 Å². The molecule has 0 amide bonds. The van der Waals surface area contributed by atoms with Crippen molar-refractivity contribution in [1.82, 2.24) is 27.9 Å². The Morgan fingerprint density at radius 2 is 1.00 bits per heavy atom. The molecule has 144 valence electrons. The van der Waals surface area contributed by atoms with Gasteiger partial charge in [0.1, 0.15) is 0 Å². The number of para-hydroxylation sites is 4. The van der Waals surface area contributed by atoms with E-state index in [0.717, 1.165) is 29.4 Å². The molecule has 2 aromatic carbocycles. The van der Waals surface area contributed by atoms with E-state index >= 15 is 0 Å². The smallest absolute Gasteiger partial charge is 0.215 e. The second-order valence-electron chi connectivity index (χ2n) is 7.83. The Bertz CT molecular complexity index is 1450. The molecule has 6 heteroatoms. The molecule has 0 atom stereocenters. The molecule has 0 saturated heterocycles. The molecule has 6 nitrogen and oxygen atoms in total. The summed E-state index contributed by atoms with van der Waals surface area (Å²) in [5.41, 5.74) is 9.33. The van der Waals surface area contributed by atoms with E-state index in [2.05, 4.69) is 94.4 Å². The first-order valence-electron chi connectivity index (χ1n) is 9.89. The molecular weight excluding hydrogens is 360 g/mol. The zero-order valence-electron chi connectivity index (χ0n) is 17.0. The summed E-state index contributed by atoms with van der Waals surface area (Å²) in [6, 6.07) is 17.0. The lowest BCUT2D eigenvalue weighted by Gasteiger charge is -2.05. The molecule has 0 unspecified atom stereocenters. The summed E-state index contributed by atoms with van der Waals surface area (Å²) < 4.78 is 8.94. The van der Waals surface area contributed by atoms with Crippen LogP contribution < -0.4 is 0 Å². The third-order valence-corrected chi connectivity index (χ3v) is 6.21. The minimum atomic E-state index is 0.780. The van der Waals surface area contributed by atoms with Crippen molar-refractivity contribution in [3.63, 3.8) is 0 Å². The number of aromatic nitrogens is 6. The Kier molecular flexibility index (Phi) is 3.12. The highest BCUT2D eigenvalue weighted by Gasteiger charge is 2.21. The molecule has 0 aliphatic carbocycles. The first-order chi connectivity index (χ1) is 14.1. The number of fused-ring (bicyclic) bond motifs is 6. The minimum Gasteiger partial charge on any atom is -0.313 e. The molecule has 0 N–H and O–H groups in total. The number of imidazole rings is 4. The summed E-state index contributed by atoms with van der Waals surface area (Å²) >= 11 is 0. The highest BCUT2D eigenvalue weighted by Crippen LogP contribution is 2.28. The lowest BCUT2D eigenvalue weighted by Crippen LogP contribution is -2.01. The lowest BCUT2D eigenvalue weighted by molar-refractivity contribution is 0.939. The van der Waals surface area contributed by atoms with Gasteiger partial charge in [-0.25, -0.2) is 9.97 Å². The monoisotopic (exact) mass is 382 g/mol. The van der Waals surface area contributed by atoms with Crippen molar-refractivity contribution >= 4 is 33.6 Å². The third kappa shape index (κ3) is 2.00. The Labute approximate surface area is 167 Å². The Hall–Kier alpha value is -3.54. The highest BCUT2D eigenvalue weighted by atomic mass is 15.2. The van der Waals surface area contributed by atoms with Gasteiger partial charge in [-0.15, -0.1) is 0 Å². The summed E-state index contributed by atoms with van der Waals surface area (Å²) in [5, 5.41) is 0. The van der Waals surface area contributed by atoms with Gasteiger partial charge in [-0.2, -0.15) is 0 Å². The number of hydrogen-bond donors (Lipinski definition) is 0. The summed E-state index contributed by atoms with van der Waals surface area (Å²) in [6.45, 7) is 4.21. The fourth-order valence-electron chi connectivity index (χ4n) is 4.71. The third-order valence-electron chi connectivity index (χ3n) is 6.21. The molecule has 0 bridgehead atoms. The van der Waals surface area contributed by atoms with Gasteiger partial charge < -0.3 is 9.13 Å². The van der Waals surface area contributed by atoms with Crippen LogP contribution in [-0.2, 0) is 20.5 Å². The molecule has 0 saturated carbocycles. The van der Waals surface area contributed by atoms with Crippen molar-refractivity contribution in [1.29, 1.82) is 0 Å². The minimum absolute atomic E-state index is 0.780. The maximum absolute atomic E-state index is 4.90. The standard InChI is InChI=1S/C23H22N6/c1-14-20(28-18-11-7-5-9-16(18)26(3)22(28)24-14)13-21-15(2)25-23-27(4)17-10-6-8-12-19(17)29(21)23/h5-12H,13H2,1-4H3. The van der Waals surface area contributed by atoms with Gasteiger partial charge in [0.15, 0.2) is 0 Å². The maximum atomic E-state index is 4.90. The van der Waals surface area contributed by atoms with E-state index in [1.54, 1.807) is 0 Å². The van der Waals surface area contributed by atoms with Crippen LogP contribution in [-0.4, -0.2) is 27.9 Å². The largest absolute Gasteiger partial charge is 0.313 e. The zero-order valence-corrected chi connectivity index (χ0v) is 17.0. The highest BCUT2D eigenvalue weighted by molar-refractivity contribution is 5.82. The van der Waals surface area contributed by atoms with Crippen molar-refractivity contribution < 1.29 is 0 Å². The Morgan fingerprint density at radius 3 is 1.41 bits per heavy atom. The van der Waals surface area contributed by atoms with Crippen LogP contribution in [0.15, 0.2) is 48.5 Å². The molecule has 0 aliphatic heterocycles. The number of nitrogens with zero attached hydrogens (tertiary/aromatic N) is 6. The van der Waals surface area contributed by atoms with Gasteiger partial charge in [0.25, 0.3) is 0 Å². The summed E-state index contributed by atoms with van der Waals surface area (Å²) in [5.74, 6) is 1.96. The average molecular weight is 382 g/mol. The number of benzene rings is 2. The van der Waals surface area contributed by atoms with Gasteiger partial charge in [0.2, 0.25) is 11.6 Å². The number of rotatable bonds is 2. The van der Waals surface area contributed by atoms with Crippen LogP contribution in [0.3, 0.4) is 0 Å². The van der Waals surface area contributed by atoms with Gasteiger partial charge >= 0.3 is 0 Å². The van der Waals surface area contributed by atoms with Crippen molar-refractivity contribution in [2.45, 2.75) is 20.3 Å². The fourth-order valence-corrected chi connectivity index (χ4v) is 4.71. The predicted octanol–water partition coefficient (Wildman–Crippen LogP) is 4.17. The second-order valence-corrected chi connectivity index (χ2v) is 7.83. The molecule has 29 heavy (non-hydrogen) atoms. The van der Waals surface area contributed by atoms with Gasteiger partial charge in [-0.05, 0) is 38.1 Å². The van der Waals surface area contributed by atoms with E-state index in [0.29, 0.717) is 0 Å². The van der Waals surface area contributed by atoms with Gasteiger partial charge in [-0.1, -0.05) is 24.3 Å². The molecule has 4 aromatic heterocycles. The van der Waals surface area contributed by atoms with Crippen LogP contribution in [0.5, 0.6) is 0 Å². The van der Waals surface area contributed by atoms with Crippen molar-refractivity contribution in [3.05, 3.63) is 71.3 Å². The van der Waals surface area contributed by atoms with Gasteiger partial charge in [0.05, 0.1) is 44.8 Å². The maximum Gasteiger partial charge on any atom is 0.215 e. The van der Waals surface area contributed by atoms with Crippen molar-refractivity contribution in [2.24, 2.45) is 14.1 Å². The molecule has 0 aliphatic rings. The summed E-state index contributed by atoms with van der Waals surface area (Å²) in [4.78, 5) is 9.80. The molecule has 6 rings (SSSR count). The molecule has 4 heterocycles. The van der Waals surface area contributed by atoms with Gasteiger partial charge in [-0.3, -0.25) is 8.80 Å². The topological polar surface area (TPSA) is 44.5 Å². The predicted molar refractivity (Wildman–Crippen MR) is 116 cm³/mol. The number of aryl methyl sites for hydroxylation is 4. The summed E-state index contributed by atoms with van der Waals surface area (Å²) in [7, 11) is 4.17. The zero-order chi connectivity index (χ0) is 19.9. The van der Waals surface area contributed by atoms with E-state index in [9.17, 15) is 0 Å². The van der Waals surface area contributed by atoms with E-state index < -0.39 is 0 Å². The van der Waals surface area contributed by atoms with E-state index in [1.165, 1.54) is 33.5 Å². The number of hydrogen-bond acceptors (Lipinski definition) is 2. The lowest BCUT2D eigenvalue weighted by atomic mass is 10.1. The molecule has 0 spiro atoms. The van der Waals surface area contributed by atoms with E-state index in [1.807, 2.05) is 0 Å². The van der Waals surface area contributed by atoms with E-state index in [4.69, 9.17) is 9.97 Å². The molecule has 0 radical (unpaired) electrons. The normalized spacial score (nSPS) is 12.3. The molecule has 6 aromatic rings. The Balaban J connectivity index is 1.66. The van der Waals surface area contributed by atoms with Crippen LogP contribution in [0.2, 0.25) is 0 Å². The van der Waals surface area contributed by atoms with Crippen molar-refractivity contribution in [3.8, 4) is 0 Å². The first-order valence-corrected chi connectivity index (χ1v) is 9.89. The first kappa shape index (κ1) is 16.4. The Morgan fingerprint density at radius 1 is 0.621 bits per heavy atom. The molecule has 0 fully saturated rings. The van der Waals surface area contributed by atoms with Gasteiger partial charge in [0, 0.05) is 20.5 Å². The summed E-state index contributed by atoms with van der Waals surface area (Å²) in [6.07, 6.45) is 0.780. The SMILES string of the molecule is Cc1nc2n(C)c3ccccc3n2c1Cc1c(C)nc2n(C)c3ccccc3n12. The molecular formula is C23H22N6.